The van der Waals surface area contributed by atoms with Gasteiger partial charge in [-0.15, -0.1) is 0 Å². The molecule has 0 unspecified atom stereocenters. The van der Waals surface area contributed by atoms with E-state index in [1.165, 1.54) is 16.9 Å². The number of fused-ring (bicyclic) bond motifs is 1. The molecule has 0 radical (unpaired) electrons. The summed E-state index contributed by atoms with van der Waals surface area (Å²) in [4.78, 5) is 4.18. The van der Waals surface area contributed by atoms with E-state index in [0.717, 1.165) is 12.1 Å². The number of nitrogens with zero attached hydrogens (tertiary/aromatic N) is 3. The van der Waals surface area contributed by atoms with Gasteiger partial charge in [0.25, 0.3) is 5.82 Å². The molecule has 1 aromatic carbocycles. The van der Waals surface area contributed by atoms with Crippen molar-refractivity contribution >= 4 is 19.5 Å². The van der Waals surface area contributed by atoms with Gasteiger partial charge in [-0.1, -0.05) is 24.3 Å². The normalized spacial score (nSPS) is 10.2. The lowest BCUT2D eigenvalue weighted by Gasteiger charge is -2.05. The van der Waals surface area contributed by atoms with E-state index in [-0.39, 0.29) is 0 Å². The lowest BCUT2D eigenvalue weighted by atomic mass is 10.2. The Morgan fingerprint density at radius 3 is 2.00 bits per heavy atom. The fraction of sp³-hybridized carbons (Fsp3) is 0.400. The molecule has 0 fully saturated rings. The summed E-state index contributed by atoms with van der Waals surface area (Å²) in [5, 5.41) is 1.20. The number of aryl methyl sites for hydroxylation is 2. The summed E-state index contributed by atoms with van der Waals surface area (Å²) in [6.07, 6.45) is 3.98. The van der Waals surface area contributed by atoms with Crippen LogP contribution in [0.3, 0.4) is 0 Å². The third-order valence-corrected chi connectivity index (χ3v) is 4.97. The highest BCUT2D eigenvalue weighted by Gasteiger charge is 2.10. The zero-order valence-electron chi connectivity index (χ0n) is 17.3. The number of rotatable bonds is 4. The monoisotopic (exact) mass is 392 g/mol. The van der Waals surface area contributed by atoms with E-state index in [1.54, 1.807) is 21.3 Å². The van der Waals surface area contributed by atoms with Crippen LogP contribution in [-0.4, -0.2) is 30.9 Å². The summed E-state index contributed by atoms with van der Waals surface area (Å²) in [5.74, 6) is 1.32. The summed E-state index contributed by atoms with van der Waals surface area (Å²) in [6.45, 7) is 7.48. The van der Waals surface area contributed by atoms with Crippen LogP contribution in [0.5, 0.6) is 0 Å². The molecule has 3 rings (SSSR count). The molecule has 148 valence electrons. The second kappa shape index (κ2) is 12.5. The minimum absolute atomic E-state index is 1.05. The minimum Gasteiger partial charge on any atom is -0.316 e. The van der Waals surface area contributed by atoms with Gasteiger partial charge in [0.2, 0.25) is 0 Å². The zero-order chi connectivity index (χ0) is 20.2. The molecule has 0 atom stereocenters. The molecule has 0 bridgehead atoms. The maximum Gasteiger partial charge on any atom is 0.331 e. The first-order valence-corrected chi connectivity index (χ1v) is 9.82. The van der Waals surface area contributed by atoms with Gasteiger partial charge in [0.1, 0.15) is 11.9 Å². The van der Waals surface area contributed by atoms with Crippen molar-refractivity contribution in [3.05, 3.63) is 60.3 Å². The minimum atomic E-state index is -1.05. The van der Waals surface area contributed by atoms with Crippen LogP contribution >= 0.6 is 8.60 Å². The molecule has 3 aromatic rings. The molecule has 0 spiro atoms. The zero-order valence-corrected chi connectivity index (χ0v) is 18.2. The largest absolute Gasteiger partial charge is 0.331 e. The number of aromatic nitrogens is 3. The maximum absolute atomic E-state index is 4.67. The van der Waals surface area contributed by atoms with E-state index in [1.807, 2.05) is 30.5 Å². The molecule has 2 heterocycles. The van der Waals surface area contributed by atoms with Crippen molar-refractivity contribution < 1.29 is 18.1 Å². The van der Waals surface area contributed by atoms with Gasteiger partial charge in [0, 0.05) is 46.8 Å². The second-order valence-corrected chi connectivity index (χ2v) is 7.17. The number of hydrogen-bond acceptors (Lipinski definition) is 4. The highest BCUT2D eigenvalue weighted by atomic mass is 31.2. The lowest BCUT2D eigenvalue weighted by Crippen LogP contribution is -2.33. The molecule has 0 aliphatic carbocycles. The van der Waals surface area contributed by atoms with E-state index < -0.39 is 8.60 Å². The van der Waals surface area contributed by atoms with Crippen LogP contribution in [0.2, 0.25) is 0 Å². The molecule has 0 aliphatic heterocycles. The third kappa shape index (κ3) is 7.35. The van der Waals surface area contributed by atoms with Crippen molar-refractivity contribution in [3.63, 3.8) is 0 Å². The molecule has 0 aliphatic rings. The fourth-order valence-electron chi connectivity index (χ4n) is 2.41. The maximum atomic E-state index is 4.67. The van der Waals surface area contributed by atoms with Gasteiger partial charge >= 0.3 is 8.60 Å². The van der Waals surface area contributed by atoms with Crippen LogP contribution in [0.1, 0.15) is 18.4 Å². The van der Waals surface area contributed by atoms with Crippen LogP contribution in [0.15, 0.2) is 48.8 Å². The molecule has 7 heteroatoms. The van der Waals surface area contributed by atoms with Crippen molar-refractivity contribution in [2.75, 3.05) is 21.3 Å². The fourth-order valence-corrected chi connectivity index (χ4v) is 2.86. The number of pyridine rings is 1. The molecule has 2 aromatic heterocycles. The highest BCUT2D eigenvalue weighted by Crippen LogP contribution is 2.35. The highest BCUT2D eigenvalue weighted by molar-refractivity contribution is 7.41. The van der Waals surface area contributed by atoms with Crippen molar-refractivity contribution in [1.82, 2.24) is 9.55 Å². The smallest absolute Gasteiger partial charge is 0.316 e. The van der Waals surface area contributed by atoms with E-state index >= 15 is 0 Å². The molecule has 0 saturated carbocycles. The number of hydrogen-bond donors (Lipinski definition) is 0. The van der Waals surface area contributed by atoms with E-state index in [2.05, 4.69) is 73.8 Å². The summed E-state index contributed by atoms with van der Waals surface area (Å²) < 4.78 is 18.5. The first-order valence-electron chi connectivity index (χ1n) is 8.73. The Hall–Kier alpha value is -1.85. The molecule has 27 heavy (non-hydrogen) atoms. The van der Waals surface area contributed by atoms with Gasteiger partial charge in [-0.3, -0.25) is 4.98 Å². The first-order chi connectivity index (χ1) is 13.0. The first kappa shape index (κ1) is 23.2. The Balaban J connectivity index is 0.000000207. The topological polar surface area (TPSA) is 49.4 Å². The second-order valence-electron chi connectivity index (χ2n) is 5.63. The lowest BCUT2D eigenvalue weighted by molar-refractivity contribution is -0.699. The van der Waals surface area contributed by atoms with Crippen molar-refractivity contribution in [1.29, 1.82) is 0 Å². The summed E-state index contributed by atoms with van der Waals surface area (Å²) in [7, 11) is 5.66. The Morgan fingerprint density at radius 2 is 1.59 bits per heavy atom. The molecular weight excluding hydrogens is 361 g/mol. The quantitative estimate of drug-likeness (QED) is 0.490. The van der Waals surface area contributed by atoms with Gasteiger partial charge in [-0.25, -0.2) is 9.13 Å². The van der Waals surface area contributed by atoms with E-state index in [0.29, 0.717) is 0 Å². The van der Waals surface area contributed by atoms with Crippen LogP contribution in [0, 0.1) is 13.8 Å². The van der Waals surface area contributed by atoms with Gasteiger partial charge in [-0.05, 0) is 19.1 Å². The Morgan fingerprint density at radius 1 is 1.00 bits per heavy atom. The SMILES string of the molecule is CC[n+]1cc(C)n(C)c1C.COP(OC)OC.c1ccc2ncccc2c1. The average Bonchev–Trinajstić information content (AvgIpc) is 2.97. The van der Waals surface area contributed by atoms with Crippen LogP contribution in [-0.2, 0) is 27.2 Å². The predicted octanol–water partition coefficient (Wildman–Crippen LogP) is 4.34. The van der Waals surface area contributed by atoms with E-state index in [4.69, 9.17) is 0 Å². The molecule has 0 saturated heterocycles. The summed E-state index contributed by atoms with van der Waals surface area (Å²) in [5.41, 5.74) is 2.38. The summed E-state index contributed by atoms with van der Waals surface area (Å²) >= 11 is 0. The standard InChI is InChI=1S/C9H7N.C8H15N2.C3H9O3P/c1-2-6-9-8(4-1)5-3-7-10-9;1-5-10-6-7(2)9(4)8(10)3;1-4-7(5-2)6-3/h1-7H;6H,5H2,1-4H3;1-3H3/q;+1;. The van der Waals surface area contributed by atoms with Gasteiger partial charge < -0.3 is 13.6 Å². The van der Waals surface area contributed by atoms with Crippen LogP contribution in [0.25, 0.3) is 10.9 Å². The molecular formula is C20H31N3O3P+. The predicted molar refractivity (Wildman–Crippen MR) is 110 cm³/mol. The molecule has 6 nitrogen and oxygen atoms in total. The molecule has 0 N–H and O–H groups in total. The average molecular weight is 392 g/mol. The Labute approximate surface area is 163 Å². The molecule has 0 amide bonds. The van der Waals surface area contributed by atoms with Crippen LogP contribution < -0.4 is 4.57 Å². The summed E-state index contributed by atoms with van der Waals surface area (Å²) in [6, 6.07) is 12.1. The van der Waals surface area contributed by atoms with Gasteiger partial charge in [0.15, 0.2) is 0 Å². The number of imidazole rings is 1. The third-order valence-electron chi connectivity index (χ3n) is 4.07. The van der Waals surface area contributed by atoms with Gasteiger partial charge in [0.05, 0.1) is 19.1 Å². The van der Waals surface area contributed by atoms with Crippen molar-refractivity contribution in [2.45, 2.75) is 27.3 Å². The van der Waals surface area contributed by atoms with Gasteiger partial charge in [-0.2, -0.15) is 0 Å². The van der Waals surface area contributed by atoms with Crippen LogP contribution in [0.4, 0.5) is 0 Å². The number of para-hydroxylation sites is 1. The Kier molecular flexibility index (Phi) is 10.8. The van der Waals surface area contributed by atoms with Crippen molar-refractivity contribution in [2.24, 2.45) is 7.05 Å². The Bertz CT molecular complexity index is 733. The van der Waals surface area contributed by atoms with Crippen molar-refractivity contribution in [3.8, 4) is 0 Å². The number of benzene rings is 1. The van der Waals surface area contributed by atoms with E-state index in [9.17, 15) is 0 Å².